The number of hydrogen-bond donors (Lipinski definition) is 0. The molecular formula is C14H17BN2O2. The third kappa shape index (κ3) is 2.70. The Balaban J connectivity index is 2.25. The molecule has 0 saturated carbocycles. The molecule has 0 amide bonds. The van der Waals surface area contributed by atoms with E-state index in [9.17, 15) is 0 Å². The van der Waals surface area contributed by atoms with Gasteiger partial charge in [-0.05, 0) is 39.3 Å². The topological polar surface area (TPSA) is 55.1 Å². The van der Waals surface area contributed by atoms with E-state index >= 15 is 0 Å². The third-order valence-electron chi connectivity index (χ3n) is 3.66. The molecule has 1 aliphatic heterocycles. The van der Waals surface area contributed by atoms with E-state index < -0.39 is 7.12 Å². The monoisotopic (exact) mass is 256 g/mol. The van der Waals surface area contributed by atoms with Crippen molar-refractivity contribution in [1.82, 2.24) is 4.98 Å². The Morgan fingerprint density at radius 3 is 2.42 bits per heavy atom. The fourth-order valence-electron chi connectivity index (χ4n) is 1.81. The van der Waals surface area contributed by atoms with Gasteiger partial charge in [-0.3, -0.25) is 4.98 Å². The van der Waals surface area contributed by atoms with Gasteiger partial charge in [0.1, 0.15) is 0 Å². The summed E-state index contributed by atoms with van der Waals surface area (Å²) in [5.41, 5.74) is 0.985. The Hall–Kier alpha value is -1.64. The van der Waals surface area contributed by atoms with Crippen molar-refractivity contribution in [2.24, 2.45) is 0 Å². The second-order valence-corrected chi connectivity index (χ2v) is 5.60. The predicted octanol–water partition coefficient (Wildman–Crippen LogP) is 1.92. The van der Waals surface area contributed by atoms with Crippen LogP contribution >= 0.6 is 0 Å². The highest BCUT2D eigenvalue weighted by Crippen LogP contribution is 2.36. The van der Waals surface area contributed by atoms with Gasteiger partial charge in [-0.1, -0.05) is 6.07 Å². The molecule has 2 heterocycles. The van der Waals surface area contributed by atoms with E-state index in [-0.39, 0.29) is 11.2 Å². The predicted molar refractivity (Wildman–Crippen MR) is 74.6 cm³/mol. The van der Waals surface area contributed by atoms with Gasteiger partial charge in [0.05, 0.1) is 17.3 Å². The summed E-state index contributed by atoms with van der Waals surface area (Å²) in [5.74, 6) is 0. The molecule has 0 unspecified atom stereocenters. The van der Waals surface area contributed by atoms with Gasteiger partial charge in [-0.2, -0.15) is 5.26 Å². The Bertz CT molecular complexity index is 531. The quantitative estimate of drug-likeness (QED) is 0.599. The number of nitrogens with zero attached hydrogens (tertiary/aromatic N) is 2. The highest BCUT2D eigenvalue weighted by atomic mass is 16.7. The second kappa shape index (κ2) is 4.80. The lowest BCUT2D eigenvalue weighted by Crippen LogP contribution is -2.41. The molecule has 1 fully saturated rings. The molecule has 1 saturated heterocycles. The van der Waals surface area contributed by atoms with Crippen LogP contribution in [0.5, 0.6) is 0 Å². The average Bonchev–Trinajstić information content (AvgIpc) is 2.56. The molecule has 0 aliphatic carbocycles. The molecule has 4 nitrogen and oxygen atoms in total. The maximum atomic E-state index is 8.54. The van der Waals surface area contributed by atoms with Crippen LogP contribution < -0.4 is 5.46 Å². The first-order valence-electron chi connectivity index (χ1n) is 6.22. The first-order chi connectivity index (χ1) is 8.86. The summed E-state index contributed by atoms with van der Waals surface area (Å²) >= 11 is 0. The zero-order chi connectivity index (χ0) is 14.1. The fourth-order valence-corrected chi connectivity index (χ4v) is 1.81. The van der Waals surface area contributed by atoms with Crippen molar-refractivity contribution >= 4 is 18.7 Å². The van der Waals surface area contributed by atoms with Gasteiger partial charge < -0.3 is 9.31 Å². The summed E-state index contributed by atoms with van der Waals surface area (Å²) in [4.78, 5) is 4.16. The van der Waals surface area contributed by atoms with E-state index in [4.69, 9.17) is 14.6 Å². The normalized spacial score (nSPS) is 20.7. The summed E-state index contributed by atoms with van der Waals surface area (Å²) in [6, 6.07) is 3.88. The number of allylic oxidation sites excluding steroid dienone is 1. The first kappa shape index (κ1) is 13.8. The summed E-state index contributed by atoms with van der Waals surface area (Å²) in [6.07, 6.45) is 6.56. The lowest BCUT2D eigenvalue weighted by Gasteiger charge is -2.32. The molecule has 0 radical (unpaired) electrons. The minimum atomic E-state index is -0.423. The third-order valence-corrected chi connectivity index (χ3v) is 3.66. The van der Waals surface area contributed by atoms with E-state index in [0.717, 1.165) is 11.0 Å². The lowest BCUT2D eigenvalue weighted by molar-refractivity contribution is 0.00578. The number of nitriles is 1. The van der Waals surface area contributed by atoms with Crippen LogP contribution in [0.25, 0.3) is 6.08 Å². The minimum absolute atomic E-state index is 0.365. The van der Waals surface area contributed by atoms with Gasteiger partial charge >= 0.3 is 7.12 Å². The molecule has 0 aromatic carbocycles. The number of rotatable bonds is 2. The SMILES string of the molecule is CC1(C)OB(c2cncc(C=CC#N)c2)OC1(C)C. The molecule has 1 aromatic heterocycles. The van der Waals surface area contributed by atoms with Crippen molar-refractivity contribution in [2.75, 3.05) is 0 Å². The molecule has 0 bridgehead atoms. The summed E-state index contributed by atoms with van der Waals surface area (Å²) in [6.45, 7) is 8.06. The van der Waals surface area contributed by atoms with Crippen LogP contribution in [0.1, 0.15) is 33.3 Å². The Morgan fingerprint density at radius 2 is 1.84 bits per heavy atom. The molecule has 0 spiro atoms. The van der Waals surface area contributed by atoms with Crippen LogP contribution in [0.15, 0.2) is 24.5 Å². The maximum absolute atomic E-state index is 8.54. The van der Waals surface area contributed by atoms with Crippen LogP contribution in [-0.2, 0) is 9.31 Å². The molecule has 98 valence electrons. The van der Waals surface area contributed by atoms with Crippen LogP contribution in [0, 0.1) is 11.3 Å². The second-order valence-electron chi connectivity index (χ2n) is 5.60. The maximum Gasteiger partial charge on any atom is 0.496 e. The Kier molecular flexibility index (Phi) is 3.48. The summed E-state index contributed by atoms with van der Waals surface area (Å²) in [5, 5.41) is 8.54. The van der Waals surface area contributed by atoms with Gasteiger partial charge in [0.15, 0.2) is 0 Å². The smallest absolute Gasteiger partial charge is 0.399 e. The molecule has 1 aliphatic rings. The van der Waals surface area contributed by atoms with Crippen LogP contribution in [0.4, 0.5) is 0 Å². The van der Waals surface area contributed by atoms with E-state index in [1.165, 1.54) is 6.08 Å². The van der Waals surface area contributed by atoms with Crippen molar-refractivity contribution in [3.05, 3.63) is 30.1 Å². The number of aromatic nitrogens is 1. The van der Waals surface area contributed by atoms with Crippen molar-refractivity contribution in [3.63, 3.8) is 0 Å². The lowest BCUT2D eigenvalue weighted by atomic mass is 9.80. The zero-order valence-corrected chi connectivity index (χ0v) is 11.7. The largest absolute Gasteiger partial charge is 0.496 e. The van der Waals surface area contributed by atoms with E-state index in [0.29, 0.717) is 0 Å². The Morgan fingerprint density at radius 1 is 1.21 bits per heavy atom. The molecule has 0 atom stereocenters. The van der Waals surface area contributed by atoms with Gasteiger partial charge in [-0.25, -0.2) is 0 Å². The van der Waals surface area contributed by atoms with Gasteiger partial charge in [0, 0.05) is 23.9 Å². The molecule has 0 N–H and O–H groups in total. The van der Waals surface area contributed by atoms with Crippen LogP contribution in [-0.4, -0.2) is 23.3 Å². The van der Waals surface area contributed by atoms with Gasteiger partial charge in [0.2, 0.25) is 0 Å². The fraction of sp³-hybridized carbons (Fsp3) is 0.429. The summed E-state index contributed by atoms with van der Waals surface area (Å²) in [7, 11) is -0.423. The van der Waals surface area contributed by atoms with E-state index in [2.05, 4.69) is 4.98 Å². The molecule has 19 heavy (non-hydrogen) atoms. The standard InChI is InChI=1S/C14H17BN2O2/c1-13(2)14(3,4)19-15(18-13)12-8-11(6-5-7-16)9-17-10-12/h5-6,8-10H,1-4H3. The molecular weight excluding hydrogens is 239 g/mol. The molecule has 5 heteroatoms. The van der Waals surface area contributed by atoms with Gasteiger partial charge in [0.25, 0.3) is 0 Å². The molecule has 1 aromatic rings. The zero-order valence-electron chi connectivity index (χ0n) is 11.7. The van der Waals surface area contributed by atoms with E-state index in [1.807, 2.05) is 39.8 Å². The van der Waals surface area contributed by atoms with Crippen LogP contribution in [0.2, 0.25) is 0 Å². The number of pyridine rings is 1. The molecule has 2 rings (SSSR count). The van der Waals surface area contributed by atoms with Crippen molar-refractivity contribution in [3.8, 4) is 6.07 Å². The van der Waals surface area contributed by atoms with Crippen molar-refractivity contribution < 1.29 is 9.31 Å². The number of hydrogen-bond acceptors (Lipinski definition) is 4. The van der Waals surface area contributed by atoms with E-state index in [1.54, 1.807) is 18.5 Å². The van der Waals surface area contributed by atoms with Crippen molar-refractivity contribution in [2.45, 2.75) is 38.9 Å². The van der Waals surface area contributed by atoms with Crippen LogP contribution in [0.3, 0.4) is 0 Å². The highest BCUT2D eigenvalue weighted by molar-refractivity contribution is 6.62. The summed E-state index contributed by atoms with van der Waals surface area (Å²) < 4.78 is 11.9. The van der Waals surface area contributed by atoms with Gasteiger partial charge in [-0.15, -0.1) is 0 Å². The first-order valence-corrected chi connectivity index (χ1v) is 6.22. The van der Waals surface area contributed by atoms with Crippen molar-refractivity contribution in [1.29, 1.82) is 5.26 Å². The highest BCUT2D eigenvalue weighted by Gasteiger charge is 2.51. The minimum Gasteiger partial charge on any atom is -0.399 e. The Labute approximate surface area is 114 Å². The average molecular weight is 256 g/mol.